The van der Waals surface area contributed by atoms with Crippen LogP contribution >= 0.6 is 12.2 Å². The molecule has 27 heavy (non-hydrogen) atoms. The Balaban J connectivity index is 1.43. The summed E-state index contributed by atoms with van der Waals surface area (Å²) in [4.78, 5) is 33.2. The summed E-state index contributed by atoms with van der Waals surface area (Å²) >= 11 is 5.27. The molecular formula is C19H17N5O2S. The highest BCUT2D eigenvalue weighted by molar-refractivity contribution is 7.71. The predicted molar refractivity (Wildman–Crippen MR) is 104 cm³/mol. The summed E-state index contributed by atoms with van der Waals surface area (Å²) in [5, 5.41) is 6.89. The van der Waals surface area contributed by atoms with Crippen molar-refractivity contribution in [2.24, 2.45) is 0 Å². The largest absolute Gasteiger partial charge is 0.359 e. The number of benzene rings is 1. The van der Waals surface area contributed by atoms with Crippen LogP contribution in [0.15, 0.2) is 48.8 Å². The number of nitrogens with zero attached hydrogens (tertiary/aromatic N) is 3. The maximum absolute atomic E-state index is 12.7. The number of amides is 1. The van der Waals surface area contributed by atoms with Crippen LogP contribution in [0.5, 0.6) is 0 Å². The molecule has 3 heterocycles. The van der Waals surface area contributed by atoms with Crippen LogP contribution in [0.25, 0.3) is 10.9 Å². The summed E-state index contributed by atoms with van der Waals surface area (Å²) in [6, 6.07) is 10.7. The average Bonchev–Trinajstić information content (AvgIpc) is 3.03. The van der Waals surface area contributed by atoms with Gasteiger partial charge >= 0.3 is 0 Å². The van der Waals surface area contributed by atoms with E-state index in [9.17, 15) is 9.59 Å². The van der Waals surface area contributed by atoms with Crippen molar-refractivity contribution in [1.82, 2.24) is 19.9 Å². The van der Waals surface area contributed by atoms with Gasteiger partial charge < -0.3 is 10.6 Å². The first-order chi connectivity index (χ1) is 13.1. The van der Waals surface area contributed by atoms with Crippen molar-refractivity contribution in [3.05, 3.63) is 59.1 Å². The summed E-state index contributed by atoms with van der Waals surface area (Å²) in [5.74, 6) is 0.362. The van der Waals surface area contributed by atoms with Crippen molar-refractivity contribution in [1.29, 1.82) is 0 Å². The molecule has 1 aliphatic rings. The number of anilines is 1. The van der Waals surface area contributed by atoms with Crippen LogP contribution in [0, 0.1) is 4.77 Å². The Hall–Kier alpha value is -3.13. The highest BCUT2D eigenvalue weighted by atomic mass is 32.1. The number of aromatic nitrogens is 3. The molecule has 0 spiro atoms. The van der Waals surface area contributed by atoms with E-state index in [0.717, 1.165) is 16.5 Å². The summed E-state index contributed by atoms with van der Waals surface area (Å²) in [5.41, 5.74) is 1.67. The minimum Gasteiger partial charge on any atom is -0.359 e. The fraction of sp³-hybridized carbons (Fsp3) is 0.211. The van der Waals surface area contributed by atoms with E-state index in [4.69, 9.17) is 12.2 Å². The predicted octanol–water partition coefficient (Wildman–Crippen LogP) is 2.69. The number of fused-ring (bicyclic) bond motifs is 3. The molecule has 3 aromatic rings. The zero-order valence-corrected chi connectivity index (χ0v) is 15.2. The van der Waals surface area contributed by atoms with E-state index >= 15 is 0 Å². The Morgan fingerprint density at radius 2 is 2.11 bits per heavy atom. The molecule has 1 aromatic carbocycles. The molecule has 0 saturated carbocycles. The zero-order chi connectivity index (χ0) is 18.8. The van der Waals surface area contributed by atoms with Gasteiger partial charge in [-0.1, -0.05) is 18.2 Å². The molecule has 0 aliphatic carbocycles. The van der Waals surface area contributed by atoms with Crippen molar-refractivity contribution in [2.45, 2.75) is 25.4 Å². The first-order valence-electron chi connectivity index (χ1n) is 8.61. The number of para-hydroxylation sites is 1. The summed E-state index contributed by atoms with van der Waals surface area (Å²) in [6.07, 6.45) is 4.00. The first-order valence-corrected chi connectivity index (χ1v) is 9.02. The lowest BCUT2D eigenvalue weighted by Crippen LogP contribution is -2.29. The van der Waals surface area contributed by atoms with Crippen LogP contribution in [0.2, 0.25) is 0 Å². The molecule has 0 radical (unpaired) electrons. The second-order valence-corrected chi connectivity index (χ2v) is 6.67. The monoisotopic (exact) mass is 379 g/mol. The molecule has 4 rings (SSSR count). The number of carbonyl (C=O) groups excluding carboxylic acids is 2. The van der Waals surface area contributed by atoms with Crippen molar-refractivity contribution < 1.29 is 9.59 Å². The average molecular weight is 379 g/mol. The van der Waals surface area contributed by atoms with Gasteiger partial charge in [-0.25, -0.2) is 9.55 Å². The van der Waals surface area contributed by atoms with Crippen LogP contribution in [-0.4, -0.2) is 32.4 Å². The molecule has 1 amide bonds. The molecule has 1 atom stereocenters. The third-order valence-corrected chi connectivity index (χ3v) is 4.77. The number of rotatable bonds is 5. The van der Waals surface area contributed by atoms with Gasteiger partial charge in [0.05, 0.1) is 5.52 Å². The molecule has 7 nitrogen and oxygen atoms in total. The van der Waals surface area contributed by atoms with Gasteiger partial charge in [-0.05, 0) is 42.4 Å². The number of nitrogens with one attached hydrogen (secondary N) is 2. The minimum atomic E-state index is -0.497. The number of hydrogen-bond acceptors (Lipinski definition) is 6. The fourth-order valence-corrected chi connectivity index (χ4v) is 3.41. The van der Waals surface area contributed by atoms with Crippen LogP contribution in [-0.2, 0) is 11.3 Å². The molecule has 0 unspecified atom stereocenters. The van der Waals surface area contributed by atoms with E-state index in [1.807, 2.05) is 36.4 Å². The standard InChI is InChI=1S/C19H17N5O2S/c25-16(21-11-12-4-3-9-20-10-12)8-7-15-18(26)24-17(22-15)13-5-1-2-6-14(13)23-19(24)27/h1-6,9-10,15,22H,7-8,11H2,(H,21,25)/t15-/m0/s1. The van der Waals surface area contributed by atoms with E-state index in [2.05, 4.69) is 20.6 Å². The van der Waals surface area contributed by atoms with Crippen molar-refractivity contribution in [3.63, 3.8) is 0 Å². The lowest BCUT2D eigenvalue weighted by atomic mass is 10.1. The summed E-state index contributed by atoms with van der Waals surface area (Å²) in [7, 11) is 0. The molecule has 0 fully saturated rings. The van der Waals surface area contributed by atoms with E-state index < -0.39 is 6.04 Å². The Kier molecular flexibility index (Phi) is 4.64. The van der Waals surface area contributed by atoms with Crippen molar-refractivity contribution >= 4 is 40.8 Å². The van der Waals surface area contributed by atoms with Gasteiger partial charge in [0, 0.05) is 30.7 Å². The van der Waals surface area contributed by atoms with Crippen LogP contribution in [0.4, 0.5) is 5.82 Å². The smallest absolute Gasteiger partial charge is 0.257 e. The van der Waals surface area contributed by atoms with Gasteiger partial charge in [0.2, 0.25) is 10.7 Å². The zero-order valence-electron chi connectivity index (χ0n) is 14.4. The first kappa shape index (κ1) is 17.3. The van der Waals surface area contributed by atoms with Gasteiger partial charge in [0.25, 0.3) is 5.91 Å². The third-order valence-electron chi connectivity index (χ3n) is 4.49. The normalized spacial score (nSPS) is 15.4. The molecule has 2 aromatic heterocycles. The quantitative estimate of drug-likeness (QED) is 0.663. The molecule has 0 bridgehead atoms. The number of pyridine rings is 1. The third kappa shape index (κ3) is 3.43. The van der Waals surface area contributed by atoms with Crippen LogP contribution in [0.3, 0.4) is 0 Å². The van der Waals surface area contributed by atoms with E-state index in [1.165, 1.54) is 4.57 Å². The molecular weight excluding hydrogens is 362 g/mol. The van der Waals surface area contributed by atoms with Gasteiger partial charge in [0.15, 0.2) is 0 Å². The van der Waals surface area contributed by atoms with Gasteiger partial charge in [-0.3, -0.25) is 14.6 Å². The van der Waals surface area contributed by atoms with Gasteiger partial charge in [-0.2, -0.15) is 0 Å². The van der Waals surface area contributed by atoms with Crippen molar-refractivity contribution in [3.8, 4) is 0 Å². The lowest BCUT2D eigenvalue weighted by Gasteiger charge is -2.09. The second kappa shape index (κ2) is 7.24. The molecule has 8 heteroatoms. The molecule has 136 valence electrons. The highest BCUT2D eigenvalue weighted by Gasteiger charge is 2.31. The van der Waals surface area contributed by atoms with E-state index in [0.29, 0.717) is 18.8 Å². The second-order valence-electron chi connectivity index (χ2n) is 6.31. The SMILES string of the molecule is O=C(CC[C@@H]1Nc2c3ccccc3nc(=S)n2C1=O)NCc1cccnc1. The lowest BCUT2D eigenvalue weighted by molar-refractivity contribution is -0.121. The molecule has 1 aliphatic heterocycles. The summed E-state index contributed by atoms with van der Waals surface area (Å²) < 4.78 is 1.65. The van der Waals surface area contributed by atoms with Crippen LogP contribution < -0.4 is 10.6 Å². The van der Waals surface area contributed by atoms with Crippen molar-refractivity contribution in [2.75, 3.05) is 5.32 Å². The molecule has 0 saturated heterocycles. The maximum atomic E-state index is 12.7. The van der Waals surface area contributed by atoms with Gasteiger partial charge in [-0.15, -0.1) is 0 Å². The number of carbonyl (C=O) groups is 2. The van der Waals surface area contributed by atoms with E-state index in [-0.39, 0.29) is 23.0 Å². The van der Waals surface area contributed by atoms with Crippen LogP contribution in [0.1, 0.15) is 23.2 Å². The Labute approximate surface area is 160 Å². The van der Waals surface area contributed by atoms with Gasteiger partial charge in [0.1, 0.15) is 11.9 Å². The topological polar surface area (TPSA) is 88.9 Å². The maximum Gasteiger partial charge on any atom is 0.257 e. The Morgan fingerprint density at radius 3 is 2.93 bits per heavy atom. The molecule has 2 N–H and O–H groups in total. The van der Waals surface area contributed by atoms with E-state index in [1.54, 1.807) is 12.4 Å². The Morgan fingerprint density at radius 1 is 1.26 bits per heavy atom. The number of hydrogen-bond donors (Lipinski definition) is 2. The summed E-state index contributed by atoms with van der Waals surface area (Å²) in [6.45, 7) is 0.415. The highest BCUT2D eigenvalue weighted by Crippen LogP contribution is 2.28. The fourth-order valence-electron chi connectivity index (χ4n) is 3.13. The Bertz CT molecular complexity index is 1080. The minimum absolute atomic E-state index is 0.115.